The van der Waals surface area contributed by atoms with E-state index in [0.717, 1.165) is 18.9 Å². The molecule has 3 unspecified atom stereocenters. The highest BCUT2D eigenvalue weighted by atomic mass is 16.3. The SMILES string of the molecule is CCC(NCC(C)(O)C(C)CC)C1CC1. The maximum atomic E-state index is 10.3. The van der Waals surface area contributed by atoms with Crippen molar-refractivity contribution in [3.63, 3.8) is 0 Å². The van der Waals surface area contributed by atoms with Crippen molar-refractivity contribution in [1.29, 1.82) is 0 Å². The highest BCUT2D eigenvalue weighted by Gasteiger charge is 2.33. The summed E-state index contributed by atoms with van der Waals surface area (Å²) in [5.41, 5.74) is -0.558. The summed E-state index contributed by atoms with van der Waals surface area (Å²) in [6.07, 6.45) is 4.96. The molecule has 1 fully saturated rings. The van der Waals surface area contributed by atoms with E-state index in [1.54, 1.807) is 0 Å². The molecule has 0 aliphatic heterocycles. The van der Waals surface area contributed by atoms with Gasteiger partial charge in [0, 0.05) is 12.6 Å². The van der Waals surface area contributed by atoms with Gasteiger partial charge in [-0.05, 0) is 38.0 Å². The van der Waals surface area contributed by atoms with Crippen molar-refractivity contribution in [2.75, 3.05) is 6.54 Å². The van der Waals surface area contributed by atoms with Gasteiger partial charge >= 0.3 is 0 Å². The van der Waals surface area contributed by atoms with E-state index in [1.165, 1.54) is 19.3 Å². The van der Waals surface area contributed by atoms with E-state index in [0.29, 0.717) is 12.0 Å². The molecule has 0 spiro atoms. The second-order valence-corrected chi connectivity index (χ2v) is 5.40. The van der Waals surface area contributed by atoms with Crippen molar-refractivity contribution >= 4 is 0 Å². The summed E-state index contributed by atoms with van der Waals surface area (Å²) in [5, 5.41) is 13.8. The van der Waals surface area contributed by atoms with Crippen molar-refractivity contribution in [2.45, 2.75) is 65.0 Å². The zero-order valence-corrected chi connectivity index (χ0v) is 10.7. The van der Waals surface area contributed by atoms with Crippen LogP contribution < -0.4 is 5.32 Å². The Morgan fingerprint density at radius 2 is 1.93 bits per heavy atom. The van der Waals surface area contributed by atoms with Crippen LogP contribution in [0.3, 0.4) is 0 Å². The summed E-state index contributed by atoms with van der Waals surface area (Å²) in [5.74, 6) is 1.24. The third kappa shape index (κ3) is 3.76. The molecule has 1 aliphatic carbocycles. The molecule has 0 aromatic rings. The first kappa shape index (κ1) is 13.0. The summed E-state index contributed by atoms with van der Waals surface area (Å²) in [6, 6.07) is 0.625. The van der Waals surface area contributed by atoms with Crippen LogP contribution in [0.15, 0.2) is 0 Å². The maximum Gasteiger partial charge on any atom is 0.0768 e. The summed E-state index contributed by atoms with van der Waals surface area (Å²) in [6.45, 7) is 9.18. The van der Waals surface area contributed by atoms with Crippen molar-refractivity contribution in [1.82, 2.24) is 5.32 Å². The van der Waals surface area contributed by atoms with E-state index >= 15 is 0 Å². The molecule has 0 bridgehead atoms. The lowest BCUT2D eigenvalue weighted by molar-refractivity contribution is 0.00261. The van der Waals surface area contributed by atoms with Gasteiger partial charge in [-0.15, -0.1) is 0 Å². The van der Waals surface area contributed by atoms with Crippen LogP contribution in [-0.2, 0) is 0 Å². The van der Waals surface area contributed by atoms with E-state index in [2.05, 4.69) is 26.1 Å². The van der Waals surface area contributed by atoms with Gasteiger partial charge in [-0.2, -0.15) is 0 Å². The fraction of sp³-hybridized carbons (Fsp3) is 1.00. The monoisotopic (exact) mass is 213 g/mol. The minimum Gasteiger partial charge on any atom is -0.389 e. The number of aliphatic hydroxyl groups is 1. The van der Waals surface area contributed by atoms with Crippen molar-refractivity contribution in [3.05, 3.63) is 0 Å². The molecule has 15 heavy (non-hydrogen) atoms. The highest BCUT2D eigenvalue weighted by Crippen LogP contribution is 2.34. The normalized spacial score (nSPS) is 24.6. The zero-order chi connectivity index (χ0) is 11.5. The van der Waals surface area contributed by atoms with E-state index in [4.69, 9.17) is 0 Å². The summed E-state index contributed by atoms with van der Waals surface area (Å²) in [7, 11) is 0. The molecule has 3 atom stereocenters. The standard InChI is InChI=1S/C13H27NO/c1-5-10(3)13(4,15)9-14-12(6-2)11-7-8-11/h10-12,14-15H,5-9H2,1-4H3. The van der Waals surface area contributed by atoms with Crippen LogP contribution >= 0.6 is 0 Å². The fourth-order valence-electron chi connectivity index (χ4n) is 2.09. The predicted octanol–water partition coefficient (Wildman–Crippen LogP) is 2.56. The first-order valence-corrected chi connectivity index (χ1v) is 6.47. The lowest BCUT2D eigenvalue weighted by Crippen LogP contribution is -2.46. The van der Waals surface area contributed by atoms with Gasteiger partial charge in [-0.1, -0.05) is 27.2 Å². The van der Waals surface area contributed by atoms with E-state index in [9.17, 15) is 5.11 Å². The minimum absolute atomic E-state index is 0.363. The Morgan fingerprint density at radius 3 is 2.33 bits per heavy atom. The van der Waals surface area contributed by atoms with Crippen molar-refractivity contribution < 1.29 is 5.11 Å². The summed E-state index contributed by atoms with van der Waals surface area (Å²) in [4.78, 5) is 0. The van der Waals surface area contributed by atoms with Gasteiger partial charge in [0.15, 0.2) is 0 Å². The molecule has 0 heterocycles. The van der Waals surface area contributed by atoms with E-state index < -0.39 is 5.60 Å². The Kier molecular flexibility index (Phi) is 4.60. The van der Waals surface area contributed by atoms with Crippen LogP contribution in [0.5, 0.6) is 0 Å². The first-order chi connectivity index (χ1) is 7.01. The summed E-state index contributed by atoms with van der Waals surface area (Å²) >= 11 is 0. The third-order valence-electron chi connectivity index (χ3n) is 4.03. The minimum atomic E-state index is -0.558. The van der Waals surface area contributed by atoms with E-state index in [1.807, 2.05) is 6.92 Å². The average molecular weight is 213 g/mol. The van der Waals surface area contributed by atoms with Crippen molar-refractivity contribution in [2.24, 2.45) is 11.8 Å². The molecule has 0 saturated heterocycles. The largest absolute Gasteiger partial charge is 0.389 e. The highest BCUT2D eigenvalue weighted by molar-refractivity contribution is 4.89. The molecular formula is C13H27NO. The molecule has 90 valence electrons. The Labute approximate surface area is 94.5 Å². The smallest absolute Gasteiger partial charge is 0.0768 e. The molecule has 0 amide bonds. The molecule has 1 rings (SSSR count). The zero-order valence-electron chi connectivity index (χ0n) is 10.7. The van der Waals surface area contributed by atoms with Crippen LogP contribution in [0.25, 0.3) is 0 Å². The van der Waals surface area contributed by atoms with Gasteiger partial charge < -0.3 is 10.4 Å². The van der Waals surface area contributed by atoms with Gasteiger partial charge in [-0.25, -0.2) is 0 Å². The molecule has 1 saturated carbocycles. The molecular weight excluding hydrogens is 186 g/mol. The lowest BCUT2D eigenvalue weighted by atomic mass is 9.88. The molecule has 1 aliphatic rings. The molecule has 2 heteroatoms. The van der Waals surface area contributed by atoms with E-state index in [-0.39, 0.29) is 0 Å². The molecule has 0 radical (unpaired) electrons. The van der Waals surface area contributed by atoms with Gasteiger partial charge in [0.05, 0.1) is 5.60 Å². The van der Waals surface area contributed by atoms with Crippen molar-refractivity contribution in [3.8, 4) is 0 Å². The van der Waals surface area contributed by atoms with Crippen LogP contribution in [0.1, 0.15) is 53.4 Å². The first-order valence-electron chi connectivity index (χ1n) is 6.47. The quantitative estimate of drug-likeness (QED) is 0.681. The Morgan fingerprint density at radius 1 is 1.33 bits per heavy atom. The van der Waals surface area contributed by atoms with Crippen LogP contribution in [0.2, 0.25) is 0 Å². The second-order valence-electron chi connectivity index (χ2n) is 5.40. The van der Waals surface area contributed by atoms with Crippen LogP contribution in [0.4, 0.5) is 0 Å². The van der Waals surface area contributed by atoms with Crippen LogP contribution in [0, 0.1) is 11.8 Å². The van der Waals surface area contributed by atoms with Gasteiger partial charge in [0.1, 0.15) is 0 Å². The fourth-order valence-corrected chi connectivity index (χ4v) is 2.09. The Balaban J connectivity index is 2.33. The Bertz CT molecular complexity index is 187. The molecule has 0 aromatic carbocycles. The predicted molar refractivity (Wildman–Crippen MR) is 64.9 cm³/mol. The summed E-state index contributed by atoms with van der Waals surface area (Å²) < 4.78 is 0. The topological polar surface area (TPSA) is 32.3 Å². The van der Waals surface area contributed by atoms with Gasteiger partial charge in [0.25, 0.3) is 0 Å². The Hall–Kier alpha value is -0.0800. The number of rotatable bonds is 7. The number of hydrogen-bond donors (Lipinski definition) is 2. The van der Waals surface area contributed by atoms with Gasteiger partial charge in [0.2, 0.25) is 0 Å². The number of nitrogens with one attached hydrogen (secondary N) is 1. The van der Waals surface area contributed by atoms with Gasteiger partial charge in [-0.3, -0.25) is 0 Å². The molecule has 0 aromatic heterocycles. The average Bonchev–Trinajstić information content (AvgIpc) is 3.01. The second kappa shape index (κ2) is 5.31. The maximum absolute atomic E-state index is 10.3. The lowest BCUT2D eigenvalue weighted by Gasteiger charge is -2.32. The number of hydrogen-bond acceptors (Lipinski definition) is 2. The van der Waals surface area contributed by atoms with Crippen LogP contribution in [-0.4, -0.2) is 23.3 Å². The third-order valence-corrected chi connectivity index (χ3v) is 4.03. The molecule has 2 N–H and O–H groups in total. The molecule has 2 nitrogen and oxygen atoms in total.